The van der Waals surface area contributed by atoms with Crippen LogP contribution in [0.15, 0.2) is 0 Å². The molecule has 14 N–H and O–H groups in total. The average Bonchev–Trinajstić information content (AvgIpc) is 2.67. The molecule has 0 aliphatic carbocycles. The van der Waals surface area contributed by atoms with Gasteiger partial charge in [0, 0.05) is 0 Å². The van der Waals surface area contributed by atoms with Crippen LogP contribution in [0.1, 0.15) is 0 Å². The van der Waals surface area contributed by atoms with Crippen LogP contribution < -0.4 is 95.4 Å². The third-order valence-electron chi connectivity index (χ3n) is 2.97. The van der Waals surface area contributed by atoms with E-state index >= 15 is 0 Å². The number of nitrogens with two attached hydrogens (primary N) is 2. The topological polar surface area (TPSA) is 323 Å². The molecule has 0 aliphatic heterocycles. The minimum absolute atomic E-state index is 0. The van der Waals surface area contributed by atoms with Crippen molar-refractivity contribution in [2.75, 3.05) is 13.2 Å². The molecule has 33 heavy (non-hydrogen) atoms. The number of halogens is 2. The van der Waals surface area contributed by atoms with Crippen molar-refractivity contribution in [2.24, 2.45) is 11.5 Å². The Morgan fingerprint density at radius 1 is 0.636 bits per heavy atom. The molecule has 8 atom stereocenters. The summed E-state index contributed by atoms with van der Waals surface area (Å²) in [4.78, 5) is 20.0. The summed E-state index contributed by atoms with van der Waals surface area (Å²) in [6.45, 7) is -1.41. The third kappa shape index (κ3) is 29.5. The molecule has 192 valence electrons. The summed E-state index contributed by atoms with van der Waals surface area (Å²) in [5, 5.41) is 70.3. The Kier molecular flexibility index (Phi) is 43.3. The molecule has 0 aliphatic rings. The van der Waals surface area contributed by atoms with E-state index < -0.39 is 72.3 Å². The second-order valence-corrected chi connectivity index (χ2v) is 6.23. The Hall–Kier alpha value is 1.39. The van der Waals surface area contributed by atoms with Crippen molar-refractivity contribution >= 4 is 23.0 Å². The number of aldehydes is 2. The molecule has 0 aromatic carbocycles. The second-order valence-electron chi connectivity index (χ2n) is 5.34. The number of rotatable bonds is 10. The van der Waals surface area contributed by atoms with Crippen LogP contribution in [0.3, 0.4) is 0 Å². The average molecular weight is 573 g/mol. The first-order valence-electron chi connectivity index (χ1n) is 7.50. The molecule has 0 aromatic heterocycles. The second kappa shape index (κ2) is 28.0. The maximum Gasteiger partial charge on any atom is 1.00 e. The maximum atomic E-state index is 10.0. The van der Waals surface area contributed by atoms with E-state index in [0.717, 1.165) is 0 Å². The van der Waals surface area contributed by atoms with E-state index in [2.05, 4.69) is 0 Å². The first-order valence-corrected chi connectivity index (χ1v) is 8.90. The Morgan fingerprint density at radius 3 is 0.939 bits per heavy atom. The molecule has 16 nitrogen and oxygen atoms in total. The number of hydrogen-bond donors (Lipinski definition) is 12. The zero-order valence-electron chi connectivity index (χ0n) is 17.6. The summed E-state index contributed by atoms with van der Waals surface area (Å²) in [6.07, 6.45) is -8.85. The predicted molar refractivity (Wildman–Crippen MR) is 92.5 cm³/mol. The Morgan fingerprint density at radius 2 is 0.818 bits per heavy atom. The SMILES string of the molecule is N[C@@H](C=O)[C@@H](O)[C@H](O)[C@H](O)CO.N[C@@H](C=O)[C@@H](O)[C@H](O)[C@H](O)CO.O=S(=O)(O)O.[Cl-].[Cl-].[Na+].[Na+]. The molecule has 0 rings (SSSR count). The van der Waals surface area contributed by atoms with Crippen LogP contribution in [0.4, 0.5) is 0 Å². The van der Waals surface area contributed by atoms with Crippen LogP contribution in [0.25, 0.3) is 0 Å². The number of aliphatic hydroxyl groups is 8. The molecular formula is C12H28Cl2N2Na2O14S. The zero-order chi connectivity index (χ0) is 23.9. The van der Waals surface area contributed by atoms with Gasteiger partial charge < -0.3 is 86.7 Å². The molecule has 0 radical (unpaired) electrons. The number of hydrogen-bond acceptors (Lipinski definition) is 14. The van der Waals surface area contributed by atoms with Gasteiger partial charge in [0.15, 0.2) is 0 Å². The standard InChI is InChI=1S/2C6H13NO5.2ClH.2Na.H2O4S/c2*7-3(1-8)5(11)6(12)4(10)2-9;;;;;1-5(2,3)4/h2*1,3-6,9-12H,2,7H2;2*1H;;;(H2,1,2,3,4)/q;;;;2*+1;/p-2/t2*3-,4+,5+,6+;;;;;/m00...../s1. The van der Waals surface area contributed by atoms with Crippen molar-refractivity contribution in [3.05, 3.63) is 0 Å². The van der Waals surface area contributed by atoms with E-state index in [1.807, 2.05) is 0 Å². The normalized spacial score (nSPS) is 17.1. The maximum absolute atomic E-state index is 10.0. The molecular weight excluding hydrogens is 545 g/mol. The molecule has 0 aromatic rings. The summed E-state index contributed by atoms with van der Waals surface area (Å²) >= 11 is 0. The summed E-state index contributed by atoms with van der Waals surface area (Å²) in [5.74, 6) is 0. The quantitative estimate of drug-likeness (QED) is 0.0655. The van der Waals surface area contributed by atoms with Gasteiger partial charge in [0.05, 0.1) is 25.3 Å². The van der Waals surface area contributed by atoms with Crippen LogP contribution in [-0.2, 0) is 20.0 Å². The first kappa shape index (κ1) is 51.1. The van der Waals surface area contributed by atoms with E-state index in [-0.39, 0.29) is 96.5 Å². The molecule has 0 saturated carbocycles. The van der Waals surface area contributed by atoms with Crippen LogP contribution in [0.2, 0.25) is 0 Å². The van der Waals surface area contributed by atoms with Crippen molar-refractivity contribution < 1.29 is 152 Å². The molecule has 0 heterocycles. The van der Waals surface area contributed by atoms with Gasteiger partial charge in [0.1, 0.15) is 49.2 Å². The van der Waals surface area contributed by atoms with Gasteiger partial charge >= 0.3 is 69.5 Å². The molecule has 0 unspecified atom stereocenters. The molecule has 0 saturated heterocycles. The molecule has 0 bridgehead atoms. The fourth-order valence-corrected chi connectivity index (χ4v) is 1.29. The number of carbonyl (C=O) groups is 2. The van der Waals surface area contributed by atoms with Crippen LogP contribution >= 0.6 is 0 Å². The Labute approximate surface area is 246 Å². The van der Waals surface area contributed by atoms with E-state index in [0.29, 0.717) is 0 Å². The molecule has 0 fully saturated rings. The van der Waals surface area contributed by atoms with Gasteiger partial charge in [0.2, 0.25) is 0 Å². The van der Waals surface area contributed by atoms with Crippen molar-refractivity contribution in [2.45, 2.75) is 48.7 Å². The van der Waals surface area contributed by atoms with Gasteiger partial charge in [-0.1, -0.05) is 0 Å². The van der Waals surface area contributed by atoms with Gasteiger partial charge in [0.25, 0.3) is 0 Å². The van der Waals surface area contributed by atoms with Crippen molar-refractivity contribution in [1.82, 2.24) is 0 Å². The molecule has 21 heteroatoms. The fourth-order valence-electron chi connectivity index (χ4n) is 1.29. The predicted octanol–water partition coefficient (Wildman–Crippen LogP) is -19.5. The van der Waals surface area contributed by atoms with Crippen molar-refractivity contribution in [1.29, 1.82) is 0 Å². The summed E-state index contributed by atoms with van der Waals surface area (Å²) in [5.41, 5.74) is 10.1. The fraction of sp³-hybridized carbons (Fsp3) is 0.833. The third-order valence-corrected chi connectivity index (χ3v) is 2.97. The van der Waals surface area contributed by atoms with E-state index in [1.54, 1.807) is 0 Å². The van der Waals surface area contributed by atoms with Crippen molar-refractivity contribution in [3.8, 4) is 0 Å². The minimum Gasteiger partial charge on any atom is -1.00 e. The zero-order valence-corrected chi connectivity index (χ0v) is 23.9. The summed E-state index contributed by atoms with van der Waals surface area (Å²) in [7, 11) is -4.67. The monoisotopic (exact) mass is 572 g/mol. The summed E-state index contributed by atoms with van der Waals surface area (Å²) < 4.78 is 31.6. The van der Waals surface area contributed by atoms with E-state index in [9.17, 15) is 9.59 Å². The molecule has 0 amide bonds. The summed E-state index contributed by atoms with van der Waals surface area (Å²) in [6, 6.07) is -2.53. The van der Waals surface area contributed by atoms with Gasteiger partial charge in [-0.25, -0.2) is 0 Å². The number of aliphatic hydroxyl groups excluding tert-OH is 8. The first-order chi connectivity index (χ1) is 13.1. The van der Waals surface area contributed by atoms with Crippen LogP contribution in [0, 0.1) is 0 Å². The van der Waals surface area contributed by atoms with E-state index in [1.165, 1.54) is 0 Å². The number of carbonyl (C=O) groups excluding carboxylic acids is 2. The molecule has 0 spiro atoms. The van der Waals surface area contributed by atoms with Crippen LogP contribution in [0.5, 0.6) is 0 Å². The van der Waals surface area contributed by atoms with Gasteiger partial charge in [-0.2, -0.15) is 8.42 Å². The van der Waals surface area contributed by atoms with Crippen molar-refractivity contribution in [3.63, 3.8) is 0 Å². The van der Waals surface area contributed by atoms with Gasteiger partial charge in [-0.15, -0.1) is 0 Å². The largest absolute Gasteiger partial charge is 1.00 e. The minimum atomic E-state index is -4.67. The van der Waals surface area contributed by atoms with Gasteiger partial charge in [-0.05, 0) is 0 Å². The van der Waals surface area contributed by atoms with Gasteiger partial charge in [-0.3, -0.25) is 9.11 Å². The Bertz CT molecular complexity index is 516. The smallest absolute Gasteiger partial charge is 1.00 e. The van der Waals surface area contributed by atoms with Crippen LogP contribution in [-0.4, -0.2) is 133 Å². The Balaban J connectivity index is -0.0000000619. The van der Waals surface area contributed by atoms with E-state index in [4.69, 9.17) is 69.8 Å².